The maximum absolute atomic E-state index is 5.55. The summed E-state index contributed by atoms with van der Waals surface area (Å²) in [7, 11) is 0. The van der Waals surface area contributed by atoms with Crippen LogP contribution in [-0.4, -0.2) is 26.3 Å². The molecule has 1 N–H and O–H groups in total. The molecule has 0 spiro atoms. The second-order valence-corrected chi connectivity index (χ2v) is 5.53. The van der Waals surface area contributed by atoms with Crippen LogP contribution in [0.1, 0.15) is 52.4 Å². The fraction of sp³-hybridized carbons (Fsp3) is 1.00. The summed E-state index contributed by atoms with van der Waals surface area (Å²) in [5.41, 5.74) is 0. The van der Waals surface area contributed by atoms with Crippen LogP contribution in [0, 0.1) is 11.8 Å². The van der Waals surface area contributed by atoms with Crippen molar-refractivity contribution in [2.45, 2.75) is 52.4 Å². The molecule has 0 heterocycles. The Bertz CT molecular complexity index is 151. The first-order valence-electron chi connectivity index (χ1n) is 7.07. The predicted octanol–water partition coefficient (Wildman–Crippen LogP) is 3.22. The molecule has 96 valence electrons. The van der Waals surface area contributed by atoms with Crippen molar-refractivity contribution < 1.29 is 4.74 Å². The molecule has 1 rings (SSSR count). The van der Waals surface area contributed by atoms with Crippen LogP contribution in [0.4, 0.5) is 0 Å². The highest BCUT2D eigenvalue weighted by Crippen LogP contribution is 2.21. The maximum atomic E-state index is 5.55. The van der Waals surface area contributed by atoms with Gasteiger partial charge in [-0.3, -0.25) is 0 Å². The first-order chi connectivity index (χ1) is 7.79. The standard InChI is InChI=1S/C14H29NO/c1-13(2)12-16-10-9-15-11-14-7-5-3-4-6-8-14/h13-15H,3-12H2,1-2H3. The van der Waals surface area contributed by atoms with Gasteiger partial charge in [0.1, 0.15) is 0 Å². The van der Waals surface area contributed by atoms with E-state index in [4.69, 9.17) is 4.74 Å². The van der Waals surface area contributed by atoms with Gasteiger partial charge in [-0.25, -0.2) is 0 Å². The number of hydrogen-bond acceptors (Lipinski definition) is 2. The van der Waals surface area contributed by atoms with Crippen molar-refractivity contribution in [1.82, 2.24) is 5.32 Å². The fourth-order valence-corrected chi connectivity index (χ4v) is 2.34. The second-order valence-electron chi connectivity index (χ2n) is 5.53. The zero-order valence-electron chi connectivity index (χ0n) is 11.1. The molecule has 0 aromatic carbocycles. The highest BCUT2D eigenvalue weighted by molar-refractivity contribution is 4.66. The average molecular weight is 227 g/mol. The molecule has 2 heteroatoms. The molecule has 1 aliphatic carbocycles. The van der Waals surface area contributed by atoms with Crippen molar-refractivity contribution in [2.75, 3.05) is 26.3 Å². The quantitative estimate of drug-likeness (QED) is 0.532. The minimum absolute atomic E-state index is 0.654. The molecule has 1 aliphatic rings. The van der Waals surface area contributed by atoms with Crippen LogP contribution in [-0.2, 0) is 4.74 Å². The van der Waals surface area contributed by atoms with Gasteiger partial charge in [-0.15, -0.1) is 0 Å². The lowest BCUT2D eigenvalue weighted by atomic mass is 10.0. The molecule has 0 aliphatic heterocycles. The molecule has 0 atom stereocenters. The first-order valence-corrected chi connectivity index (χ1v) is 7.07. The lowest BCUT2D eigenvalue weighted by Gasteiger charge is -2.15. The largest absolute Gasteiger partial charge is 0.380 e. The van der Waals surface area contributed by atoms with E-state index in [0.717, 1.165) is 25.7 Å². The molecule has 0 saturated heterocycles. The van der Waals surface area contributed by atoms with Gasteiger partial charge in [0, 0.05) is 13.2 Å². The Hall–Kier alpha value is -0.0800. The van der Waals surface area contributed by atoms with Gasteiger partial charge in [0.05, 0.1) is 6.61 Å². The van der Waals surface area contributed by atoms with Crippen molar-refractivity contribution in [2.24, 2.45) is 11.8 Å². The molecule has 0 unspecified atom stereocenters. The molecule has 0 aromatic rings. The molecule has 16 heavy (non-hydrogen) atoms. The third-order valence-electron chi connectivity index (χ3n) is 3.28. The van der Waals surface area contributed by atoms with Crippen molar-refractivity contribution in [3.63, 3.8) is 0 Å². The lowest BCUT2D eigenvalue weighted by molar-refractivity contribution is 0.111. The van der Waals surface area contributed by atoms with E-state index in [1.54, 1.807) is 0 Å². The second kappa shape index (κ2) is 9.00. The van der Waals surface area contributed by atoms with Crippen LogP contribution < -0.4 is 5.32 Å². The Balaban J connectivity index is 1.89. The Morgan fingerprint density at radius 2 is 1.81 bits per heavy atom. The van der Waals surface area contributed by atoms with E-state index in [0.29, 0.717) is 5.92 Å². The summed E-state index contributed by atoms with van der Waals surface area (Å²) < 4.78 is 5.55. The van der Waals surface area contributed by atoms with Crippen molar-refractivity contribution >= 4 is 0 Å². The third kappa shape index (κ3) is 7.24. The van der Waals surface area contributed by atoms with Crippen LogP contribution in [0.15, 0.2) is 0 Å². The zero-order chi connectivity index (χ0) is 11.6. The van der Waals surface area contributed by atoms with E-state index in [1.807, 2.05) is 0 Å². The highest BCUT2D eigenvalue weighted by Gasteiger charge is 2.11. The van der Waals surface area contributed by atoms with E-state index in [1.165, 1.54) is 45.1 Å². The zero-order valence-corrected chi connectivity index (χ0v) is 11.1. The number of rotatable bonds is 7. The summed E-state index contributed by atoms with van der Waals surface area (Å²) in [5, 5.41) is 3.53. The van der Waals surface area contributed by atoms with Crippen molar-refractivity contribution in [3.05, 3.63) is 0 Å². The van der Waals surface area contributed by atoms with E-state index in [-0.39, 0.29) is 0 Å². The van der Waals surface area contributed by atoms with Gasteiger partial charge in [-0.1, -0.05) is 39.5 Å². The highest BCUT2D eigenvalue weighted by atomic mass is 16.5. The van der Waals surface area contributed by atoms with Crippen LogP contribution in [0.25, 0.3) is 0 Å². The summed E-state index contributed by atoms with van der Waals surface area (Å²) in [6.45, 7) is 8.36. The van der Waals surface area contributed by atoms with E-state index in [9.17, 15) is 0 Å². The molecule has 0 amide bonds. The Morgan fingerprint density at radius 1 is 1.12 bits per heavy atom. The van der Waals surface area contributed by atoms with Crippen molar-refractivity contribution in [3.8, 4) is 0 Å². The monoisotopic (exact) mass is 227 g/mol. The first kappa shape index (κ1) is 14.0. The predicted molar refractivity (Wildman–Crippen MR) is 69.7 cm³/mol. The smallest absolute Gasteiger partial charge is 0.0591 e. The Morgan fingerprint density at radius 3 is 2.44 bits per heavy atom. The van der Waals surface area contributed by atoms with Gasteiger partial charge < -0.3 is 10.1 Å². The molecular weight excluding hydrogens is 198 g/mol. The van der Waals surface area contributed by atoms with Gasteiger partial charge in [0.25, 0.3) is 0 Å². The summed E-state index contributed by atoms with van der Waals surface area (Å²) >= 11 is 0. The summed E-state index contributed by atoms with van der Waals surface area (Å²) in [6.07, 6.45) is 8.65. The number of ether oxygens (including phenoxy) is 1. The molecule has 0 aromatic heterocycles. The normalized spacial score (nSPS) is 18.9. The Labute approximate surface area is 101 Å². The van der Waals surface area contributed by atoms with Crippen LogP contribution >= 0.6 is 0 Å². The van der Waals surface area contributed by atoms with E-state index >= 15 is 0 Å². The average Bonchev–Trinajstić information content (AvgIpc) is 2.51. The Kier molecular flexibility index (Phi) is 7.87. The summed E-state index contributed by atoms with van der Waals surface area (Å²) in [4.78, 5) is 0. The van der Waals surface area contributed by atoms with Gasteiger partial charge in [0.2, 0.25) is 0 Å². The topological polar surface area (TPSA) is 21.3 Å². The number of hydrogen-bond donors (Lipinski definition) is 1. The van der Waals surface area contributed by atoms with Gasteiger partial charge in [0.15, 0.2) is 0 Å². The van der Waals surface area contributed by atoms with Crippen molar-refractivity contribution in [1.29, 1.82) is 0 Å². The van der Waals surface area contributed by atoms with Gasteiger partial charge in [-0.2, -0.15) is 0 Å². The molecule has 1 fully saturated rings. The molecule has 0 bridgehead atoms. The van der Waals surface area contributed by atoms with E-state index < -0.39 is 0 Å². The molecule has 2 nitrogen and oxygen atoms in total. The molecular formula is C14H29NO. The minimum atomic E-state index is 0.654. The van der Waals surface area contributed by atoms with E-state index in [2.05, 4.69) is 19.2 Å². The third-order valence-corrected chi connectivity index (χ3v) is 3.28. The number of nitrogens with one attached hydrogen (secondary N) is 1. The van der Waals surface area contributed by atoms with Gasteiger partial charge >= 0.3 is 0 Å². The molecule has 1 saturated carbocycles. The SMILES string of the molecule is CC(C)COCCNCC1CCCCCC1. The lowest BCUT2D eigenvalue weighted by Crippen LogP contribution is -2.26. The maximum Gasteiger partial charge on any atom is 0.0591 e. The van der Waals surface area contributed by atoms with Gasteiger partial charge in [-0.05, 0) is 31.2 Å². The van der Waals surface area contributed by atoms with Crippen LogP contribution in [0.2, 0.25) is 0 Å². The van der Waals surface area contributed by atoms with Crippen LogP contribution in [0.5, 0.6) is 0 Å². The van der Waals surface area contributed by atoms with Crippen LogP contribution in [0.3, 0.4) is 0 Å². The molecule has 0 radical (unpaired) electrons. The summed E-state index contributed by atoms with van der Waals surface area (Å²) in [6, 6.07) is 0. The summed E-state index contributed by atoms with van der Waals surface area (Å²) in [5.74, 6) is 1.58. The fourth-order valence-electron chi connectivity index (χ4n) is 2.34. The minimum Gasteiger partial charge on any atom is -0.380 e.